The van der Waals surface area contributed by atoms with Crippen molar-refractivity contribution in [2.45, 2.75) is 19.4 Å². The van der Waals surface area contributed by atoms with Gasteiger partial charge in [0.15, 0.2) is 5.78 Å². The first kappa shape index (κ1) is 12.6. The van der Waals surface area contributed by atoms with Crippen LogP contribution in [0, 0.1) is 0 Å². The highest BCUT2D eigenvalue weighted by Gasteiger charge is 2.10. The van der Waals surface area contributed by atoms with Gasteiger partial charge in [-0.05, 0) is 31.2 Å². The zero-order chi connectivity index (χ0) is 12.1. The Morgan fingerprint density at radius 2 is 1.94 bits per heavy atom. The van der Waals surface area contributed by atoms with Gasteiger partial charge in [0.05, 0.1) is 6.04 Å². The summed E-state index contributed by atoms with van der Waals surface area (Å²) in [5.74, 6) is 0.113. The van der Waals surface area contributed by atoms with Gasteiger partial charge in [0.25, 0.3) is 6.43 Å². The van der Waals surface area contributed by atoms with Crippen molar-refractivity contribution in [3.05, 3.63) is 29.8 Å². The molecule has 0 radical (unpaired) electrons. The van der Waals surface area contributed by atoms with Crippen LogP contribution in [0.15, 0.2) is 24.3 Å². The average molecular weight is 229 g/mol. The van der Waals surface area contributed by atoms with E-state index in [2.05, 4.69) is 0 Å². The highest BCUT2D eigenvalue weighted by molar-refractivity contribution is 5.99. The molecule has 0 fully saturated rings. The normalized spacial score (nSPS) is 12.6. The molecule has 0 amide bonds. The summed E-state index contributed by atoms with van der Waals surface area (Å²) in [7, 11) is 0. The summed E-state index contributed by atoms with van der Waals surface area (Å²) >= 11 is 0. The molecule has 0 heterocycles. The maximum Gasteiger partial charge on any atom is 0.272 e. The zero-order valence-electron chi connectivity index (χ0n) is 8.82. The monoisotopic (exact) mass is 229 g/mol. The lowest BCUT2D eigenvalue weighted by Crippen LogP contribution is -2.26. The number of nitrogens with two attached hydrogens (primary N) is 1. The summed E-state index contributed by atoms with van der Waals surface area (Å²) in [5.41, 5.74) is 5.87. The highest BCUT2D eigenvalue weighted by atomic mass is 19.3. The number of Topliss-reactive ketones (excluding diaryl/α,β-unsaturated/α-hetero) is 1. The molecule has 88 valence electrons. The number of halogens is 2. The molecule has 1 aromatic rings. The molecular weight excluding hydrogens is 216 g/mol. The molecule has 3 nitrogen and oxygen atoms in total. The minimum absolute atomic E-state index is 0.194. The van der Waals surface area contributed by atoms with Gasteiger partial charge in [-0.3, -0.25) is 4.79 Å². The van der Waals surface area contributed by atoms with E-state index in [0.717, 1.165) is 0 Å². The third kappa shape index (κ3) is 3.58. The quantitative estimate of drug-likeness (QED) is 0.784. The summed E-state index contributed by atoms with van der Waals surface area (Å²) in [6, 6.07) is 5.38. The lowest BCUT2D eigenvalue weighted by atomic mass is 10.1. The Hall–Kier alpha value is -1.49. The number of benzene rings is 1. The minimum Gasteiger partial charge on any atom is -0.488 e. The second-order valence-electron chi connectivity index (χ2n) is 3.38. The molecule has 0 aromatic heterocycles. The number of ether oxygens (including phenoxy) is 1. The molecule has 0 aliphatic rings. The molecule has 0 saturated carbocycles. The van der Waals surface area contributed by atoms with Crippen LogP contribution in [-0.2, 0) is 0 Å². The summed E-state index contributed by atoms with van der Waals surface area (Å²) < 4.78 is 28.4. The molecule has 1 aromatic carbocycles. The topological polar surface area (TPSA) is 52.3 Å². The fourth-order valence-corrected chi connectivity index (χ4v) is 1.14. The van der Waals surface area contributed by atoms with Gasteiger partial charge in [0.1, 0.15) is 12.4 Å². The van der Waals surface area contributed by atoms with Crippen LogP contribution in [0.25, 0.3) is 0 Å². The number of ketones is 1. The Kier molecular flexibility index (Phi) is 4.37. The maximum absolute atomic E-state index is 11.8. The van der Waals surface area contributed by atoms with Crippen molar-refractivity contribution in [1.82, 2.24) is 0 Å². The lowest BCUT2D eigenvalue weighted by molar-refractivity contribution is 0.0818. The van der Waals surface area contributed by atoms with E-state index in [1.54, 1.807) is 6.92 Å². The van der Waals surface area contributed by atoms with Gasteiger partial charge >= 0.3 is 0 Å². The van der Waals surface area contributed by atoms with Crippen molar-refractivity contribution in [1.29, 1.82) is 0 Å². The zero-order valence-corrected chi connectivity index (χ0v) is 8.82. The van der Waals surface area contributed by atoms with Crippen LogP contribution >= 0.6 is 0 Å². The molecule has 0 aliphatic heterocycles. The van der Waals surface area contributed by atoms with E-state index in [1.165, 1.54) is 24.3 Å². The Bertz CT molecular complexity index is 350. The molecule has 1 atom stereocenters. The largest absolute Gasteiger partial charge is 0.488 e. The number of rotatable bonds is 5. The van der Waals surface area contributed by atoms with Crippen LogP contribution in [-0.4, -0.2) is 24.9 Å². The van der Waals surface area contributed by atoms with Crippen LogP contribution in [0.4, 0.5) is 8.78 Å². The third-order valence-corrected chi connectivity index (χ3v) is 1.93. The van der Waals surface area contributed by atoms with Gasteiger partial charge in [-0.15, -0.1) is 0 Å². The minimum atomic E-state index is -2.51. The van der Waals surface area contributed by atoms with Crippen LogP contribution in [0.2, 0.25) is 0 Å². The van der Waals surface area contributed by atoms with E-state index in [4.69, 9.17) is 10.5 Å². The van der Waals surface area contributed by atoms with Crippen LogP contribution < -0.4 is 10.5 Å². The SMILES string of the molecule is CC(N)C(=O)c1ccc(OCC(F)F)cc1. The van der Waals surface area contributed by atoms with Crippen molar-refractivity contribution in [2.24, 2.45) is 5.73 Å². The van der Waals surface area contributed by atoms with Crippen LogP contribution in [0.5, 0.6) is 5.75 Å². The number of alkyl halides is 2. The molecule has 2 N–H and O–H groups in total. The molecule has 0 bridgehead atoms. The van der Waals surface area contributed by atoms with E-state index in [9.17, 15) is 13.6 Å². The van der Waals surface area contributed by atoms with Gasteiger partial charge < -0.3 is 10.5 Å². The average Bonchev–Trinajstić information content (AvgIpc) is 2.26. The standard InChI is InChI=1S/C11H13F2NO2/c1-7(14)11(15)8-2-4-9(5-3-8)16-6-10(12)13/h2-5,7,10H,6,14H2,1H3. The summed E-state index contributed by atoms with van der Waals surface area (Å²) in [6.45, 7) is 0.935. The fraction of sp³-hybridized carbons (Fsp3) is 0.364. The lowest BCUT2D eigenvalue weighted by Gasteiger charge is -2.07. The molecule has 0 saturated heterocycles. The first-order valence-corrected chi connectivity index (χ1v) is 4.81. The maximum atomic E-state index is 11.8. The molecule has 1 rings (SSSR count). The van der Waals surface area contributed by atoms with Crippen molar-refractivity contribution in [2.75, 3.05) is 6.61 Å². The Balaban J connectivity index is 2.64. The fourth-order valence-electron chi connectivity index (χ4n) is 1.14. The number of carbonyl (C=O) groups excluding carboxylic acids is 1. The van der Waals surface area contributed by atoms with Crippen LogP contribution in [0.1, 0.15) is 17.3 Å². The second-order valence-corrected chi connectivity index (χ2v) is 3.38. The summed E-state index contributed by atoms with van der Waals surface area (Å²) in [4.78, 5) is 11.4. The second kappa shape index (κ2) is 5.55. The molecule has 1 unspecified atom stereocenters. The number of hydrogen-bond donors (Lipinski definition) is 1. The van der Waals surface area contributed by atoms with Crippen molar-refractivity contribution in [3.8, 4) is 5.75 Å². The van der Waals surface area contributed by atoms with Gasteiger partial charge in [-0.1, -0.05) is 0 Å². The highest BCUT2D eigenvalue weighted by Crippen LogP contribution is 2.14. The predicted octanol–water partition coefficient (Wildman–Crippen LogP) is 1.86. The van der Waals surface area contributed by atoms with E-state index >= 15 is 0 Å². The van der Waals surface area contributed by atoms with E-state index < -0.39 is 19.1 Å². The van der Waals surface area contributed by atoms with Crippen LogP contribution in [0.3, 0.4) is 0 Å². The Morgan fingerprint density at radius 3 is 2.38 bits per heavy atom. The third-order valence-electron chi connectivity index (χ3n) is 1.93. The predicted molar refractivity (Wildman–Crippen MR) is 55.9 cm³/mol. The number of carbonyl (C=O) groups is 1. The van der Waals surface area contributed by atoms with Gasteiger partial charge in [-0.2, -0.15) is 0 Å². The first-order valence-electron chi connectivity index (χ1n) is 4.81. The van der Waals surface area contributed by atoms with Crippen molar-refractivity contribution >= 4 is 5.78 Å². The van der Waals surface area contributed by atoms with E-state index in [1.807, 2.05) is 0 Å². The smallest absolute Gasteiger partial charge is 0.272 e. The van der Waals surface area contributed by atoms with Gasteiger partial charge in [0.2, 0.25) is 0 Å². The Labute approximate surface area is 92.2 Å². The van der Waals surface area contributed by atoms with E-state index in [-0.39, 0.29) is 5.78 Å². The summed E-state index contributed by atoms with van der Waals surface area (Å²) in [6.07, 6.45) is -2.51. The molecule has 16 heavy (non-hydrogen) atoms. The molecule has 0 aliphatic carbocycles. The molecule has 5 heteroatoms. The summed E-state index contributed by atoms with van der Waals surface area (Å²) in [5, 5.41) is 0. The van der Waals surface area contributed by atoms with Gasteiger partial charge in [-0.25, -0.2) is 8.78 Å². The van der Waals surface area contributed by atoms with Crippen molar-refractivity contribution < 1.29 is 18.3 Å². The van der Waals surface area contributed by atoms with Crippen molar-refractivity contribution in [3.63, 3.8) is 0 Å². The molecular formula is C11H13F2NO2. The van der Waals surface area contributed by atoms with E-state index in [0.29, 0.717) is 11.3 Å². The Morgan fingerprint density at radius 1 is 1.38 bits per heavy atom. The first-order chi connectivity index (χ1) is 7.50. The molecule has 0 spiro atoms. The number of hydrogen-bond acceptors (Lipinski definition) is 3. The van der Waals surface area contributed by atoms with Gasteiger partial charge in [0, 0.05) is 5.56 Å².